The molecule has 0 radical (unpaired) electrons. The number of Topliss-reactive ketones (excluding diaryl/α,β-unsaturated/α-hetero) is 1. The number of methoxy groups -OCH3 is 1. The molecule has 0 unspecified atom stereocenters. The summed E-state index contributed by atoms with van der Waals surface area (Å²) in [6.07, 6.45) is 0.466. The van der Waals surface area contributed by atoms with Crippen LogP contribution in [0.4, 0.5) is 0 Å². The van der Waals surface area contributed by atoms with Gasteiger partial charge in [0.1, 0.15) is 5.75 Å². The molecular formula is C13H17NO3. The summed E-state index contributed by atoms with van der Waals surface area (Å²) in [7, 11) is 4.91. The molecular weight excluding hydrogens is 218 g/mol. The van der Waals surface area contributed by atoms with Crippen molar-refractivity contribution in [3.05, 3.63) is 29.8 Å². The fourth-order valence-electron chi connectivity index (χ4n) is 1.38. The molecule has 92 valence electrons. The molecule has 0 atom stereocenters. The Balaban J connectivity index is 2.61. The Morgan fingerprint density at radius 3 is 2.53 bits per heavy atom. The van der Waals surface area contributed by atoms with Gasteiger partial charge in [-0.25, -0.2) is 0 Å². The second-order valence-electron chi connectivity index (χ2n) is 3.94. The molecule has 0 saturated heterocycles. The van der Waals surface area contributed by atoms with Gasteiger partial charge < -0.3 is 9.64 Å². The van der Waals surface area contributed by atoms with Crippen molar-refractivity contribution < 1.29 is 14.3 Å². The molecule has 0 aromatic heterocycles. The van der Waals surface area contributed by atoms with E-state index in [2.05, 4.69) is 0 Å². The van der Waals surface area contributed by atoms with E-state index in [1.54, 1.807) is 45.5 Å². The summed E-state index contributed by atoms with van der Waals surface area (Å²) in [4.78, 5) is 24.6. The Bertz CT molecular complexity index is 413. The van der Waals surface area contributed by atoms with Gasteiger partial charge in [0, 0.05) is 32.5 Å². The Labute approximate surface area is 101 Å². The van der Waals surface area contributed by atoms with Gasteiger partial charge >= 0.3 is 0 Å². The van der Waals surface area contributed by atoms with Crippen molar-refractivity contribution in [2.45, 2.75) is 12.8 Å². The van der Waals surface area contributed by atoms with Crippen molar-refractivity contribution in [3.8, 4) is 5.75 Å². The van der Waals surface area contributed by atoms with Crippen LogP contribution in [0.25, 0.3) is 0 Å². The van der Waals surface area contributed by atoms with Gasteiger partial charge in [-0.05, 0) is 12.1 Å². The van der Waals surface area contributed by atoms with E-state index in [0.717, 1.165) is 0 Å². The third-order valence-electron chi connectivity index (χ3n) is 2.46. The number of benzene rings is 1. The van der Waals surface area contributed by atoms with Crippen LogP contribution >= 0.6 is 0 Å². The second-order valence-corrected chi connectivity index (χ2v) is 3.94. The highest BCUT2D eigenvalue weighted by Crippen LogP contribution is 2.14. The Hall–Kier alpha value is -1.84. The molecule has 0 aliphatic carbocycles. The van der Waals surface area contributed by atoms with Crippen molar-refractivity contribution in [2.24, 2.45) is 0 Å². The maximum absolute atomic E-state index is 11.8. The van der Waals surface area contributed by atoms with Crippen LogP contribution in [0.5, 0.6) is 5.75 Å². The number of rotatable bonds is 5. The first-order valence-corrected chi connectivity index (χ1v) is 5.42. The van der Waals surface area contributed by atoms with Crippen molar-refractivity contribution in [2.75, 3.05) is 21.2 Å². The van der Waals surface area contributed by atoms with Gasteiger partial charge in [0.2, 0.25) is 5.91 Å². The first kappa shape index (κ1) is 13.2. The largest absolute Gasteiger partial charge is 0.497 e. The summed E-state index contributed by atoms with van der Waals surface area (Å²) in [5.74, 6) is 0.565. The number of nitrogens with zero attached hydrogens (tertiary/aromatic N) is 1. The SMILES string of the molecule is COc1cccc(C(=O)CCC(=O)N(C)C)c1. The van der Waals surface area contributed by atoms with Crippen LogP contribution in [0.1, 0.15) is 23.2 Å². The monoisotopic (exact) mass is 235 g/mol. The van der Waals surface area contributed by atoms with Gasteiger partial charge in [-0.15, -0.1) is 0 Å². The van der Waals surface area contributed by atoms with Crippen LogP contribution in [0.15, 0.2) is 24.3 Å². The fraction of sp³-hybridized carbons (Fsp3) is 0.385. The number of ketones is 1. The van der Waals surface area contributed by atoms with Gasteiger partial charge in [0.05, 0.1) is 7.11 Å². The number of hydrogen-bond donors (Lipinski definition) is 0. The predicted molar refractivity (Wildman–Crippen MR) is 65.3 cm³/mol. The van der Waals surface area contributed by atoms with Gasteiger partial charge in [-0.2, -0.15) is 0 Å². The molecule has 0 N–H and O–H groups in total. The van der Waals surface area contributed by atoms with E-state index in [1.807, 2.05) is 0 Å². The van der Waals surface area contributed by atoms with Gasteiger partial charge in [0.15, 0.2) is 5.78 Å². The highest BCUT2D eigenvalue weighted by molar-refractivity contribution is 5.98. The quantitative estimate of drug-likeness (QED) is 0.730. The topological polar surface area (TPSA) is 46.6 Å². The summed E-state index contributed by atoms with van der Waals surface area (Å²) < 4.78 is 5.04. The van der Waals surface area contributed by atoms with Gasteiger partial charge in [-0.3, -0.25) is 9.59 Å². The summed E-state index contributed by atoms with van der Waals surface area (Å²) in [6.45, 7) is 0. The summed E-state index contributed by atoms with van der Waals surface area (Å²) in [5, 5.41) is 0. The zero-order valence-corrected chi connectivity index (χ0v) is 10.4. The molecule has 4 heteroatoms. The average molecular weight is 235 g/mol. The van der Waals surface area contributed by atoms with Gasteiger partial charge in [-0.1, -0.05) is 12.1 Å². The Morgan fingerprint density at radius 1 is 1.24 bits per heavy atom. The summed E-state index contributed by atoms with van der Waals surface area (Å²) >= 11 is 0. The molecule has 1 rings (SSSR count). The van der Waals surface area contributed by atoms with Crippen LogP contribution in [0.2, 0.25) is 0 Å². The van der Waals surface area contributed by atoms with E-state index in [4.69, 9.17) is 4.74 Å². The molecule has 0 aliphatic rings. The molecule has 0 aliphatic heterocycles. The maximum atomic E-state index is 11.8. The van der Waals surface area contributed by atoms with E-state index in [0.29, 0.717) is 11.3 Å². The first-order chi connectivity index (χ1) is 8.04. The molecule has 0 fully saturated rings. The molecule has 1 aromatic rings. The lowest BCUT2D eigenvalue weighted by atomic mass is 10.1. The number of carbonyl (C=O) groups excluding carboxylic acids is 2. The number of ether oxygens (including phenoxy) is 1. The fourth-order valence-corrected chi connectivity index (χ4v) is 1.38. The van der Waals surface area contributed by atoms with E-state index in [-0.39, 0.29) is 24.5 Å². The lowest BCUT2D eigenvalue weighted by molar-refractivity contribution is -0.128. The van der Waals surface area contributed by atoms with E-state index in [1.165, 1.54) is 4.90 Å². The smallest absolute Gasteiger partial charge is 0.222 e. The first-order valence-electron chi connectivity index (χ1n) is 5.42. The summed E-state index contributed by atoms with van der Waals surface area (Å²) in [5.41, 5.74) is 0.580. The zero-order valence-electron chi connectivity index (χ0n) is 10.4. The minimum Gasteiger partial charge on any atom is -0.497 e. The van der Waals surface area contributed by atoms with Crippen molar-refractivity contribution >= 4 is 11.7 Å². The van der Waals surface area contributed by atoms with Crippen LogP contribution in [0, 0.1) is 0 Å². The molecule has 17 heavy (non-hydrogen) atoms. The number of carbonyl (C=O) groups is 2. The summed E-state index contributed by atoms with van der Waals surface area (Å²) in [6, 6.07) is 6.95. The minimum atomic E-state index is -0.0425. The van der Waals surface area contributed by atoms with Crippen molar-refractivity contribution in [1.82, 2.24) is 4.90 Å². The third-order valence-corrected chi connectivity index (χ3v) is 2.46. The lowest BCUT2D eigenvalue weighted by Crippen LogP contribution is -2.22. The van der Waals surface area contributed by atoms with Crippen LogP contribution in [-0.2, 0) is 4.79 Å². The van der Waals surface area contributed by atoms with E-state index >= 15 is 0 Å². The Kier molecular flexibility index (Phi) is 4.69. The number of hydrogen-bond acceptors (Lipinski definition) is 3. The molecule has 0 bridgehead atoms. The Morgan fingerprint density at radius 2 is 1.94 bits per heavy atom. The van der Waals surface area contributed by atoms with Crippen LogP contribution in [-0.4, -0.2) is 37.8 Å². The minimum absolute atomic E-state index is 0.0405. The third kappa shape index (κ3) is 3.90. The highest BCUT2D eigenvalue weighted by atomic mass is 16.5. The maximum Gasteiger partial charge on any atom is 0.222 e. The van der Waals surface area contributed by atoms with E-state index in [9.17, 15) is 9.59 Å². The highest BCUT2D eigenvalue weighted by Gasteiger charge is 2.10. The predicted octanol–water partition coefficient (Wildman–Crippen LogP) is 1.75. The zero-order chi connectivity index (χ0) is 12.8. The van der Waals surface area contributed by atoms with Crippen LogP contribution < -0.4 is 4.74 Å². The van der Waals surface area contributed by atoms with Gasteiger partial charge in [0.25, 0.3) is 0 Å². The van der Waals surface area contributed by atoms with Crippen molar-refractivity contribution in [1.29, 1.82) is 0 Å². The molecule has 1 amide bonds. The second kappa shape index (κ2) is 6.03. The number of amides is 1. The molecule has 0 saturated carbocycles. The average Bonchev–Trinajstić information content (AvgIpc) is 2.35. The standard InChI is InChI=1S/C13H17NO3/c1-14(2)13(16)8-7-12(15)10-5-4-6-11(9-10)17-3/h4-6,9H,7-8H2,1-3H3. The van der Waals surface area contributed by atoms with E-state index < -0.39 is 0 Å². The molecule has 1 aromatic carbocycles. The van der Waals surface area contributed by atoms with Crippen molar-refractivity contribution in [3.63, 3.8) is 0 Å². The molecule has 4 nitrogen and oxygen atoms in total. The normalized spacial score (nSPS) is 9.82. The molecule has 0 spiro atoms. The van der Waals surface area contributed by atoms with Crippen LogP contribution in [0.3, 0.4) is 0 Å². The molecule has 0 heterocycles. The lowest BCUT2D eigenvalue weighted by Gasteiger charge is -2.09.